The van der Waals surface area contributed by atoms with Crippen LogP contribution >= 0.6 is 8.60 Å². The Morgan fingerprint density at radius 1 is 0.778 bits per heavy atom. The second kappa shape index (κ2) is 6.01. The zero-order valence-electron chi connectivity index (χ0n) is 12.1. The number of hydrogen-bond donors (Lipinski definition) is 0. The summed E-state index contributed by atoms with van der Waals surface area (Å²) in [5, 5.41) is 0. The van der Waals surface area contributed by atoms with Crippen LogP contribution in [0.3, 0.4) is 0 Å². The molecule has 3 nitrogen and oxygen atoms in total. The van der Waals surface area contributed by atoms with Gasteiger partial charge in [0.25, 0.3) is 0 Å². The monoisotopic (exact) mass is 270 g/mol. The zero-order valence-corrected chi connectivity index (χ0v) is 13.0. The average Bonchev–Trinajstić information content (AvgIpc) is 2.13. The fourth-order valence-electron chi connectivity index (χ4n) is 1.07. The molecule has 0 heterocycles. The molecule has 102 valence electrons. The van der Waals surface area contributed by atoms with Crippen molar-refractivity contribution in [2.45, 2.75) is 52.7 Å². The van der Waals surface area contributed by atoms with Crippen LogP contribution in [0.25, 0.3) is 0 Å². The highest BCUT2D eigenvalue weighted by Gasteiger charge is 2.28. The molecule has 0 aliphatic carbocycles. The van der Waals surface area contributed by atoms with Gasteiger partial charge in [-0.25, -0.2) is 0 Å². The molecular weight excluding hydrogens is 247 g/mol. The van der Waals surface area contributed by atoms with Crippen LogP contribution in [-0.4, -0.2) is 11.2 Å². The molecule has 0 spiro atoms. The predicted molar refractivity (Wildman–Crippen MR) is 75.7 cm³/mol. The summed E-state index contributed by atoms with van der Waals surface area (Å²) in [6.07, 6.45) is 0. The van der Waals surface area contributed by atoms with Crippen molar-refractivity contribution in [1.82, 2.24) is 0 Å². The Balaban J connectivity index is 2.72. The highest BCUT2D eigenvalue weighted by molar-refractivity contribution is 7.42. The summed E-state index contributed by atoms with van der Waals surface area (Å²) in [5.74, 6) is 0.761. The van der Waals surface area contributed by atoms with Crippen LogP contribution in [0.1, 0.15) is 41.5 Å². The van der Waals surface area contributed by atoms with E-state index >= 15 is 0 Å². The molecule has 0 fully saturated rings. The molecule has 18 heavy (non-hydrogen) atoms. The van der Waals surface area contributed by atoms with E-state index in [2.05, 4.69) is 0 Å². The minimum Gasteiger partial charge on any atom is -0.427 e. The lowest BCUT2D eigenvalue weighted by Gasteiger charge is -2.30. The van der Waals surface area contributed by atoms with Gasteiger partial charge in [-0.2, -0.15) is 0 Å². The first kappa shape index (κ1) is 15.4. The molecule has 1 aromatic carbocycles. The summed E-state index contributed by atoms with van der Waals surface area (Å²) in [6.45, 7) is 11.9. The van der Waals surface area contributed by atoms with E-state index in [-0.39, 0.29) is 11.2 Å². The van der Waals surface area contributed by atoms with Gasteiger partial charge in [-0.3, -0.25) is 9.05 Å². The van der Waals surface area contributed by atoms with Crippen LogP contribution in [0.2, 0.25) is 0 Å². The van der Waals surface area contributed by atoms with Crippen LogP contribution < -0.4 is 4.52 Å². The van der Waals surface area contributed by atoms with Crippen LogP contribution in [-0.2, 0) is 9.05 Å². The summed E-state index contributed by atoms with van der Waals surface area (Å²) >= 11 is 0. The van der Waals surface area contributed by atoms with E-state index < -0.39 is 8.60 Å². The molecule has 1 rings (SSSR count). The smallest absolute Gasteiger partial charge is 0.398 e. The second-order valence-corrected chi connectivity index (χ2v) is 7.03. The Bertz CT molecular complexity index is 336. The van der Waals surface area contributed by atoms with E-state index in [1.807, 2.05) is 71.9 Å². The maximum atomic E-state index is 5.84. The third-order valence-electron chi connectivity index (χ3n) is 1.62. The van der Waals surface area contributed by atoms with Gasteiger partial charge in [-0.1, -0.05) is 18.2 Å². The number of para-hydroxylation sites is 1. The quantitative estimate of drug-likeness (QED) is 0.726. The molecule has 0 amide bonds. The van der Waals surface area contributed by atoms with E-state index in [9.17, 15) is 0 Å². The Kier molecular flexibility index (Phi) is 5.15. The lowest BCUT2D eigenvalue weighted by molar-refractivity contribution is 0.0504. The van der Waals surface area contributed by atoms with Crippen molar-refractivity contribution in [3.63, 3.8) is 0 Å². The molecule has 1 aromatic rings. The van der Waals surface area contributed by atoms with Crippen LogP contribution in [0.15, 0.2) is 30.3 Å². The Morgan fingerprint density at radius 3 is 1.61 bits per heavy atom. The van der Waals surface area contributed by atoms with Crippen LogP contribution in [0.5, 0.6) is 5.75 Å². The standard InChI is InChI=1S/C14H23O3P/c1-13(2,3)16-18(17-14(4,5)6)15-12-10-8-7-9-11-12/h7-11H,1-6H3. The summed E-state index contributed by atoms with van der Waals surface area (Å²) < 4.78 is 17.5. The summed E-state index contributed by atoms with van der Waals surface area (Å²) in [5.41, 5.74) is -0.600. The lowest BCUT2D eigenvalue weighted by Crippen LogP contribution is -2.23. The second-order valence-electron chi connectivity index (χ2n) is 6.04. The topological polar surface area (TPSA) is 27.7 Å². The zero-order chi connectivity index (χ0) is 13.8. The molecule has 0 saturated carbocycles. The van der Waals surface area contributed by atoms with Crippen molar-refractivity contribution in [3.05, 3.63) is 30.3 Å². The van der Waals surface area contributed by atoms with Gasteiger partial charge in [0.1, 0.15) is 5.75 Å². The fraction of sp³-hybridized carbons (Fsp3) is 0.571. The molecule has 0 aliphatic heterocycles. The minimum absolute atomic E-state index is 0.300. The maximum Gasteiger partial charge on any atom is 0.398 e. The molecule has 0 N–H and O–H groups in total. The van der Waals surface area contributed by atoms with Gasteiger partial charge >= 0.3 is 8.60 Å². The summed E-state index contributed by atoms with van der Waals surface area (Å²) in [6, 6.07) is 9.60. The van der Waals surface area contributed by atoms with Crippen molar-refractivity contribution in [2.75, 3.05) is 0 Å². The van der Waals surface area contributed by atoms with Crippen molar-refractivity contribution in [3.8, 4) is 5.75 Å². The normalized spacial score (nSPS) is 12.8. The fourth-order valence-corrected chi connectivity index (χ4v) is 2.37. The van der Waals surface area contributed by atoms with Crippen molar-refractivity contribution >= 4 is 8.60 Å². The van der Waals surface area contributed by atoms with Gasteiger partial charge in [0.2, 0.25) is 0 Å². The molecule has 0 aromatic heterocycles. The first-order valence-corrected chi connectivity index (χ1v) is 7.17. The third kappa shape index (κ3) is 6.95. The highest BCUT2D eigenvalue weighted by Crippen LogP contribution is 2.47. The molecule has 4 heteroatoms. The number of benzene rings is 1. The maximum absolute atomic E-state index is 5.84. The van der Waals surface area contributed by atoms with E-state index in [0.717, 1.165) is 5.75 Å². The molecule has 0 bridgehead atoms. The molecule has 0 radical (unpaired) electrons. The van der Waals surface area contributed by atoms with Crippen molar-refractivity contribution < 1.29 is 13.6 Å². The van der Waals surface area contributed by atoms with Crippen LogP contribution in [0.4, 0.5) is 0 Å². The summed E-state index contributed by atoms with van der Waals surface area (Å²) in [7, 11) is -1.41. The average molecular weight is 270 g/mol. The first-order chi connectivity index (χ1) is 8.16. The van der Waals surface area contributed by atoms with Crippen molar-refractivity contribution in [1.29, 1.82) is 0 Å². The Hall–Kier alpha value is -0.630. The van der Waals surface area contributed by atoms with Gasteiger partial charge in [0.15, 0.2) is 0 Å². The minimum atomic E-state index is -1.41. The van der Waals surface area contributed by atoms with Crippen LogP contribution in [0, 0.1) is 0 Å². The molecule has 0 atom stereocenters. The molecule has 0 saturated heterocycles. The SMILES string of the molecule is CC(C)(C)OP(Oc1ccccc1)OC(C)(C)C. The first-order valence-electron chi connectivity index (χ1n) is 6.07. The van der Waals surface area contributed by atoms with E-state index in [4.69, 9.17) is 13.6 Å². The van der Waals surface area contributed by atoms with Gasteiger partial charge in [-0.05, 0) is 53.7 Å². The largest absolute Gasteiger partial charge is 0.427 e. The van der Waals surface area contributed by atoms with E-state index in [1.54, 1.807) is 0 Å². The van der Waals surface area contributed by atoms with E-state index in [0.29, 0.717) is 0 Å². The lowest BCUT2D eigenvalue weighted by atomic mass is 10.2. The highest BCUT2D eigenvalue weighted by atomic mass is 31.2. The van der Waals surface area contributed by atoms with Gasteiger partial charge < -0.3 is 4.52 Å². The van der Waals surface area contributed by atoms with Gasteiger partial charge in [0, 0.05) is 0 Å². The number of rotatable bonds is 4. The van der Waals surface area contributed by atoms with Gasteiger partial charge in [-0.15, -0.1) is 0 Å². The summed E-state index contributed by atoms with van der Waals surface area (Å²) in [4.78, 5) is 0. The molecule has 0 unspecified atom stereocenters. The van der Waals surface area contributed by atoms with Gasteiger partial charge in [0.05, 0.1) is 11.2 Å². The Morgan fingerprint density at radius 2 is 1.22 bits per heavy atom. The van der Waals surface area contributed by atoms with Crippen molar-refractivity contribution in [2.24, 2.45) is 0 Å². The predicted octanol–water partition coefficient (Wildman–Crippen LogP) is 4.92. The van der Waals surface area contributed by atoms with E-state index in [1.165, 1.54) is 0 Å². The molecule has 0 aliphatic rings. The Labute approximate surface area is 111 Å². The number of hydrogen-bond acceptors (Lipinski definition) is 3. The third-order valence-corrected chi connectivity index (χ3v) is 3.37. The molecular formula is C14H23O3P.